The first-order chi connectivity index (χ1) is 7.86. The minimum Gasteiger partial charge on any atom is -0.530 e. The zero-order chi connectivity index (χ0) is 11.0. The van der Waals surface area contributed by atoms with Crippen LogP contribution in [0.2, 0.25) is 0 Å². The Morgan fingerprint density at radius 3 is 2.41 bits per heavy atom. The molecule has 0 unspecified atom stereocenters. The van der Waals surface area contributed by atoms with Crippen molar-refractivity contribution in [2.75, 3.05) is 0 Å². The largest absolute Gasteiger partial charge is 0.530 e. The van der Waals surface area contributed by atoms with Crippen molar-refractivity contribution in [2.24, 2.45) is 0 Å². The van der Waals surface area contributed by atoms with Crippen LogP contribution in [0.15, 0.2) is 48.5 Å². The van der Waals surface area contributed by atoms with Gasteiger partial charge in [0.1, 0.15) is 0 Å². The van der Waals surface area contributed by atoms with Crippen molar-refractivity contribution in [3.63, 3.8) is 0 Å². The Hall–Kier alpha value is -1.31. The molecule has 1 aliphatic rings. The van der Waals surface area contributed by atoms with E-state index in [0.717, 1.165) is 5.75 Å². The van der Waals surface area contributed by atoms with E-state index in [4.69, 9.17) is 4.74 Å². The van der Waals surface area contributed by atoms with Gasteiger partial charge in [-0.25, -0.2) is 0 Å². The number of fused-ring (bicyclic) bond motifs is 2. The van der Waals surface area contributed by atoms with Crippen molar-refractivity contribution < 1.29 is 23.3 Å². The molecule has 0 aromatic heterocycles. The SMILES string of the molecule is C[C-]1c2ccccc2COc2ccccc21.[V]. The van der Waals surface area contributed by atoms with E-state index in [0.29, 0.717) is 6.61 Å². The maximum absolute atomic E-state index is 5.82. The van der Waals surface area contributed by atoms with Crippen LogP contribution in [0.4, 0.5) is 0 Å². The van der Waals surface area contributed by atoms with Gasteiger partial charge in [0.2, 0.25) is 0 Å². The van der Waals surface area contributed by atoms with Gasteiger partial charge >= 0.3 is 0 Å². The molecule has 1 nitrogen and oxygen atoms in total. The maximum Gasteiger partial charge on any atom is 0.0775 e. The Balaban J connectivity index is 0.00000108. The molecule has 0 atom stereocenters. The second kappa shape index (κ2) is 4.91. The molecular formula is C15H13OV-. The summed E-state index contributed by atoms with van der Waals surface area (Å²) in [5, 5.41) is 0. The molecule has 0 spiro atoms. The van der Waals surface area contributed by atoms with E-state index in [1.807, 2.05) is 12.1 Å². The molecule has 0 bridgehead atoms. The number of hydrogen-bond donors (Lipinski definition) is 0. The van der Waals surface area contributed by atoms with Gasteiger partial charge in [-0.05, 0) is 0 Å². The monoisotopic (exact) mass is 260 g/mol. The Bertz CT molecular complexity index is 474. The molecule has 85 valence electrons. The topological polar surface area (TPSA) is 9.23 Å². The van der Waals surface area contributed by atoms with Crippen LogP contribution < -0.4 is 4.74 Å². The van der Waals surface area contributed by atoms with E-state index in [2.05, 4.69) is 43.3 Å². The molecule has 1 aliphatic heterocycles. The first kappa shape index (κ1) is 12.2. The summed E-state index contributed by atoms with van der Waals surface area (Å²) in [5.41, 5.74) is 3.76. The zero-order valence-electron chi connectivity index (χ0n) is 9.68. The van der Waals surface area contributed by atoms with E-state index in [9.17, 15) is 0 Å². The van der Waals surface area contributed by atoms with Crippen molar-refractivity contribution in [2.45, 2.75) is 13.5 Å². The van der Waals surface area contributed by atoms with Crippen LogP contribution in [0, 0.1) is 5.92 Å². The molecule has 0 amide bonds. The van der Waals surface area contributed by atoms with Crippen molar-refractivity contribution in [1.82, 2.24) is 0 Å². The summed E-state index contributed by atoms with van der Waals surface area (Å²) < 4.78 is 5.82. The van der Waals surface area contributed by atoms with Gasteiger partial charge < -0.3 is 4.74 Å². The van der Waals surface area contributed by atoms with Crippen molar-refractivity contribution in [1.29, 1.82) is 0 Å². The molecular weight excluding hydrogens is 247 g/mol. The molecule has 0 saturated carbocycles. The van der Waals surface area contributed by atoms with Crippen LogP contribution in [0.1, 0.15) is 23.6 Å². The summed E-state index contributed by atoms with van der Waals surface area (Å²) in [6.07, 6.45) is 0. The molecule has 0 saturated heterocycles. The van der Waals surface area contributed by atoms with Crippen LogP contribution in [-0.2, 0) is 25.2 Å². The summed E-state index contributed by atoms with van der Waals surface area (Å²) in [7, 11) is 0. The van der Waals surface area contributed by atoms with Crippen LogP contribution >= 0.6 is 0 Å². The Morgan fingerprint density at radius 1 is 0.941 bits per heavy atom. The van der Waals surface area contributed by atoms with Gasteiger partial charge in [-0.1, -0.05) is 54.4 Å². The molecule has 17 heavy (non-hydrogen) atoms. The molecule has 3 rings (SSSR count). The van der Waals surface area contributed by atoms with E-state index >= 15 is 0 Å². The minimum atomic E-state index is 0. The summed E-state index contributed by atoms with van der Waals surface area (Å²) in [6, 6.07) is 16.7. The maximum atomic E-state index is 5.82. The molecule has 2 aromatic rings. The van der Waals surface area contributed by atoms with Crippen LogP contribution in [0.25, 0.3) is 0 Å². The predicted octanol–water partition coefficient (Wildman–Crippen LogP) is 3.57. The Morgan fingerprint density at radius 2 is 1.59 bits per heavy atom. The van der Waals surface area contributed by atoms with Gasteiger partial charge in [-0.15, -0.1) is 23.6 Å². The van der Waals surface area contributed by atoms with Crippen LogP contribution in [0.5, 0.6) is 5.75 Å². The summed E-state index contributed by atoms with van der Waals surface area (Å²) >= 11 is 0. The molecule has 2 heteroatoms. The van der Waals surface area contributed by atoms with E-state index in [-0.39, 0.29) is 18.6 Å². The number of rotatable bonds is 0. The Labute approximate surface area is 114 Å². The zero-order valence-corrected chi connectivity index (χ0v) is 11.1. The summed E-state index contributed by atoms with van der Waals surface area (Å²) in [5.74, 6) is 2.28. The predicted molar refractivity (Wildman–Crippen MR) is 64.3 cm³/mol. The van der Waals surface area contributed by atoms with Crippen LogP contribution in [0.3, 0.4) is 0 Å². The second-order valence-corrected chi connectivity index (χ2v) is 4.07. The fraction of sp³-hybridized carbons (Fsp3) is 0.133. The summed E-state index contributed by atoms with van der Waals surface area (Å²) in [6.45, 7) is 2.82. The third-order valence-electron chi connectivity index (χ3n) is 3.10. The number of benzene rings is 2. The quantitative estimate of drug-likeness (QED) is 0.658. The molecule has 1 radical (unpaired) electrons. The van der Waals surface area contributed by atoms with E-state index in [1.165, 1.54) is 22.6 Å². The van der Waals surface area contributed by atoms with Gasteiger partial charge in [0.15, 0.2) is 0 Å². The van der Waals surface area contributed by atoms with Crippen molar-refractivity contribution >= 4 is 0 Å². The van der Waals surface area contributed by atoms with Crippen molar-refractivity contribution in [3.05, 3.63) is 71.1 Å². The second-order valence-electron chi connectivity index (χ2n) is 4.07. The smallest absolute Gasteiger partial charge is 0.0775 e. The molecule has 1 heterocycles. The van der Waals surface area contributed by atoms with Gasteiger partial charge in [0.05, 0.1) is 12.4 Å². The van der Waals surface area contributed by atoms with Gasteiger partial charge in [0, 0.05) is 18.6 Å². The summed E-state index contributed by atoms with van der Waals surface area (Å²) in [4.78, 5) is 0. The minimum absolute atomic E-state index is 0. The van der Waals surface area contributed by atoms with Crippen LogP contribution in [-0.4, -0.2) is 0 Å². The average Bonchev–Trinajstić information content (AvgIpc) is 2.49. The Kier molecular flexibility index (Phi) is 3.51. The molecule has 0 fully saturated rings. The normalized spacial score (nSPS) is 12.6. The van der Waals surface area contributed by atoms with E-state index < -0.39 is 0 Å². The third-order valence-corrected chi connectivity index (χ3v) is 3.10. The van der Waals surface area contributed by atoms with Gasteiger partial charge in [-0.3, -0.25) is 0 Å². The standard InChI is InChI=1S/C15H13O.V/c1-11-13-7-3-2-6-12(13)10-16-15-9-5-4-8-14(11)15;/h2-9H,10H2,1H3;/q-1;. The van der Waals surface area contributed by atoms with Crippen molar-refractivity contribution in [3.8, 4) is 5.75 Å². The van der Waals surface area contributed by atoms with E-state index in [1.54, 1.807) is 0 Å². The number of hydrogen-bond acceptors (Lipinski definition) is 1. The third kappa shape index (κ3) is 2.09. The first-order valence-corrected chi connectivity index (χ1v) is 5.50. The fourth-order valence-electron chi connectivity index (χ4n) is 2.21. The number of para-hydroxylation sites is 1. The fourth-order valence-corrected chi connectivity index (χ4v) is 2.21. The average molecular weight is 260 g/mol. The first-order valence-electron chi connectivity index (χ1n) is 5.50. The number of ether oxygens (including phenoxy) is 1. The molecule has 0 N–H and O–H groups in total. The molecule has 2 aromatic carbocycles. The van der Waals surface area contributed by atoms with Gasteiger partial charge in [0.25, 0.3) is 0 Å². The van der Waals surface area contributed by atoms with Gasteiger partial charge in [-0.2, -0.15) is 0 Å². The molecule has 0 aliphatic carbocycles.